The first-order chi connectivity index (χ1) is 3.63. The normalized spacial score (nSPS) is 26.5. The molecule has 46 valence electrons. The fraction of sp³-hybridized carbons (Fsp3) is 0.750. The molecule has 4 heteroatoms. The van der Waals surface area contributed by atoms with Gasteiger partial charge in [0, 0.05) is 0 Å². The number of carbonyl (C=O) groups is 1. The van der Waals surface area contributed by atoms with Crippen molar-refractivity contribution < 1.29 is 18.3 Å². The van der Waals surface area contributed by atoms with Crippen LogP contribution in [0.3, 0.4) is 0 Å². The third-order valence-electron chi connectivity index (χ3n) is 0.924. The highest BCUT2D eigenvalue weighted by molar-refractivity contribution is 5.88. The minimum Gasteiger partial charge on any atom is -0.367 e. The van der Waals surface area contributed by atoms with Gasteiger partial charge in [-0.2, -0.15) is 8.78 Å². The summed E-state index contributed by atoms with van der Waals surface area (Å²) in [5.41, 5.74) is 0. The summed E-state index contributed by atoms with van der Waals surface area (Å²) in [4.78, 5) is 10.0. The third-order valence-corrected chi connectivity index (χ3v) is 0.924. The Morgan fingerprint density at radius 3 is 2.38 bits per heavy atom. The molecule has 1 rings (SSSR count). The molecule has 0 amide bonds. The van der Waals surface area contributed by atoms with Crippen LogP contribution in [0.15, 0.2) is 0 Å². The zero-order valence-electron chi connectivity index (χ0n) is 3.99. The molecule has 0 aromatic rings. The maximum atomic E-state index is 11.9. The average Bonchev–Trinajstić information content (AvgIpc) is 1.86. The molecule has 2 nitrogen and oxygen atoms in total. The summed E-state index contributed by atoms with van der Waals surface area (Å²) >= 11 is 0. The minimum atomic E-state index is -3.21. The van der Waals surface area contributed by atoms with Gasteiger partial charge in [0.1, 0.15) is 13.2 Å². The van der Waals surface area contributed by atoms with E-state index in [4.69, 9.17) is 0 Å². The first-order valence-corrected chi connectivity index (χ1v) is 2.12. The molecule has 0 N–H and O–H groups in total. The van der Waals surface area contributed by atoms with Crippen LogP contribution in [0.4, 0.5) is 8.78 Å². The van der Waals surface area contributed by atoms with Crippen molar-refractivity contribution in [1.29, 1.82) is 0 Å². The predicted octanol–water partition coefficient (Wildman–Crippen LogP) is 0.221. The first-order valence-electron chi connectivity index (χ1n) is 2.12. The molecular formula is C4H4F2O2. The molecule has 0 atom stereocenters. The number of ketones is 1. The second-order valence-corrected chi connectivity index (χ2v) is 1.62. The maximum Gasteiger partial charge on any atom is 0.330 e. The summed E-state index contributed by atoms with van der Waals surface area (Å²) < 4.78 is 27.9. The van der Waals surface area contributed by atoms with E-state index in [2.05, 4.69) is 4.74 Å². The van der Waals surface area contributed by atoms with E-state index in [0.717, 1.165) is 0 Å². The van der Waals surface area contributed by atoms with Gasteiger partial charge >= 0.3 is 5.92 Å². The van der Waals surface area contributed by atoms with Gasteiger partial charge in [-0.3, -0.25) is 4.79 Å². The van der Waals surface area contributed by atoms with Crippen molar-refractivity contribution in [2.75, 3.05) is 13.2 Å². The summed E-state index contributed by atoms with van der Waals surface area (Å²) in [5.74, 6) is -4.32. The van der Waals surface area contributed by atoms with Gasteiger partial charge in [-0.1, -0.05) is 0 Å². The van der Waals surface area contributed by atoms with Gasteiger partial charge in [0.25, 0.3) is 0 Å². The number of ether oxygens (including phenoxy) is 1. The van der Waals surface area contributed by atoms with Gasteiger partial charge < -0.3 is 4.74 Å². The quantitative estimate of drug-likeness (QED) is 0.459. The van der Waals surface area contributed by atoms with Gasteiger partial charge in [-0.25, -0.2) is 0 Å². The molecule has 0 aromatic heterocycles. The van der Waals surface area contributed by atoms with Crippen molar-refractivity contribution in [2.45, 2.75) is 5.92 Å². The largest absolute Gasteiger partial charge is 0.367 e. The number of hydrogen-bond donors (Lipinski definition) is 0. The lowest BCUT2D eigenvalue weighted by Gasteiger charge is -1.99. The molecule has 1 heterocycles. The summed E-state index contributed by atoms with van der Waals surface area (Å²) in [6.07, 6.45) is 0. The molecule has 0 saturated carbocycles. The van der Waals surface area contributed by atoms with E-state index < -0.39 is 24.9 Å². The lowest BCUT2D eigenvalue weighted by atomic mass is 10.3. The molecule has 0 aromatic carbocycles. The van der Waals surface area contributed by atoms with E-state index in [1.807, 2.05) is 0 Å². The van der Waals surface area contributed by atoms with Crippen molar-refractivity contribution in [2.24, 2.45) is 0 Å². The highest BCUT2D eigenvalue weighted by Gasteiger charge is 2.43. The molecule has 0 aliphatic carbocycles. The Labute approximate surface area is 44.4 Å². The smallest absolute Gasteiger partial charge is 0.330 e. The van der Waals surface area contributed by atoms with Crippen LogP contribution >= 0.6 is 0 Å². The van der Waals surface area contributed by atoms with Crippen molar-refractivity contribution in [1.82, 2.24) is 0 Å². The van der Waals surface area contributed by atoms with Crippen molar-refractivity contribution >= 4 is 5.78 Å². The zero-order valence-corrected chi connectivity index (χ0v) is 3.99. The van der Waals surface area contributed by atoms with Gasteiger partial charge in [0.05, 0.1) is 0 Å². The highest BCUT2D eigenvalue weighted by atomic mass is 19.3. The minimum absolute atomic E-state index is 0.438. The van der Waals surface area contributed by atoms with Crippen LogP contribution in [0.2, 0.25) is 0 Å². The zero-order chi connectivity index (χ0) is 6.20. The lowest BCUT2D eigenvalue weighted by molar-refractivity contribution is -0.135. The number of alkyl halides is 2. The molecule has 0 unspecified atom stereocenters. The lowest BCUT2D eigenvalue weighted by Crippen LogP contribution is -2.25. The van der Waals surface area contributed by atoms with E-state index in [0.29, 0.717) is 0 Å². The molecule has 0 bridgehead atoms. The number of carbonyl (C=O) groups excluding carboxylic acids is 1. The molecule has 1 saturated heterocycles. The Morgan fingerprint density at radius 1 is 1.62 bits per heavy atom. The van der Waals surface area contributed by atoms with Gasteiger partial charge in [-0.05, 0) is 0 Å². The Bertz CT molecular complexity index is 121. The molecule has 1 fully saturated rings. The van der Waals surface area contributed by atoms with E-state index in [1.54, 1.807) is 0 Å². The Hall–Kier alpha value is -0.510. The molecule has 8 heavy (non-hydrogen) atoms. The van der Waals surface area contributed by atoms with E-state index in [1.165, 1.54) is 0 Å². The number of rotatable bonds is 0. The van der Waals surface area contributed by atoms with E-state index in [-0.39, 0.29) is 0 Å². The predicted molar refractivity (Wildman–Crippen MR) is 20.8 cm³/mol. The van der Waals surface area contributed by atoms with Gasteiger partial charge in [0.15, 0.2) is 0 Å². The van der Waals surface area contributed by atoms with Crippen LogP contribution in [0.1, 0.15) is 0 Å². The first kappa shape index (κ1) is 5.62. The van der Waals surface area contributed by atoms with Crippen LogP contribution in [0.5, 0.6) is 0 Å². The standard InChI is InChI=1S/C4H4F2O2/c5-4(6)2-8-1-3(4)7/h1-2H2. The maximum absolute atomic E-state index is 11.9. The van der Waals surface area contributed by atoms with Gasteiger partial charge in [-0.15, -0.1) is 0 Å². The molecular weight excluding hydrogens is 118 g/mol. The second-order valence-electron chi connectivity index (χ2n) is 1.62. The van der Waals surface area contributed by atoms with Crippen LogP contribution in [-0.4, -0.2) is 24.9 Å². The molecule has 1 aliphatic heterocycles. The van der Waals surface area contributed by atoms with Crippen LogP contribution in [0, 0.1) is 0 Å². The monoisotopic (exact) mass is 122 g/mol. The molecule has 0 spiro atoms. The third kappa shape index (κ3) is 0.709. The molecule has 1 aliphatic rings. The van der Waals surface area contributed by atoms with Crippen molar-refractivity contribution in [3.63, 3.8) is 0 Å². The van der Waals surface area contributed by atoms with Crippen LogP contribution in [0.25, 0.3) is 0 Å². The summed E-state index contributed by atoms with van der Waals surface area (Å²) in [7, 11) is 0. The molecule has 0 radical (unpaired) electrons. The Morgan fingerprint density at radius 2 is 2.25 bits per heavy atom. The van der Waals surface area contributed by atoms with E-state index >= 15 is 0 Å². The van der Waals surface area contributed by atoms with Crippen LogP contribution in [-0.2, 0) is 9.53 Å². The SMILES string of the molecule is O=C1COCC1(F)F. The van der Waals surface area contributed by atoms with E-state index in [9.17, 15) is 13.6 Å². The van der Waals surface area contributed by atoms with Crippen molar-refractivity contribution in [3.05, 3.63) is 0 Å². The summed E-state index contributed by atoms with van der Waals surface area (Å²) in [5, 5.41) is 0. The number of Topliss-reactive ketones (excluding diaryl/α,β-unsaturated/α-hetero) is 1. The fourth-order valence-corrected chi connectivity index (χ4v) is 0.458. The summed E-state index contributed by atoms with van der Waals surface area (Å²) in [6, 6.07) is 0. The second kappa shape index (κ2) is 1.48. The topological polar surface area (TPSA) is 26.3 Å². The summed E-state index contributed by atoms with van der Waals surface area (Å²) in [6.45, 7) is -1.18. The Balaban J connectivity index is 2.68. The average molecular weight is 122 g/mol. The van der Waals surface area contributed by atoms with Crippen LogP contribution < -0.4 is 0 Å². The van der Waals surface area contributed by atoms with Gasteiger partial charge in [0.2, 0.25) is 5.78 Å². The van der Waals surface area contributed by atoms with Crippen molar-refractivity contribution in [3.8, 4) is 0 Å². The highest BCUT2D eigenvalue weighted by Crippen LogP contribution is 2.20. The number of hydrogen-bond acceptors (Lipinski definition) is 2. The Kier molecular flexibility index (Phi) is 1.04. The number of halogens is 2. The fourth-order valence-electron chi connectivity index (χ4n) is 0.458.